The van der Waals surface area contributed by atoms with E-state index in [0.29, 0.717) is 6.04 Å². The van der Waals surface area contributed by atoms with Gasteiger partial charge in [0.25, 0.3) is 0 Å². The molecule has 0 aromatic carbocycles. The van der Waals surface area contributed by atoms with Crippen molar-refractivity contribution in [2.45, 2.75) is 98.4 Å². The van der Waals surface area contributed by atoms with Gasteiger partial charge in [-0.15, -0.1) is 0 Å². The van der Waals surface area contributed by atoms with Crippen LogP contribution in [0.2, 0.25) is 0 Å². The van der Waals surface area contributed by atoms with Gasteiger partial charge in [0, 0.05) is 26.2 Å². The second kappa shape index (κ2) is 11.2. The molecule has 0 bridgehead atoms. The zero-order valence-corrected chi connectivity index (χ0v) is 18.3. The lowest BCUT2D eigenvalue weighted by Crippen LogP contribution is -2.50. The minimum atomic E-state index is 0.567. The predicted octanol–water partition coefficient (Wildman–Crippen LogP) is 5.80. The molecule has 1 saturated heterocycles. The van der Waals surface area contributed by atoms with Gasteiger partial charge in [0.1, 0.15) is 0 Å². The van der Waals surface area contributed by atoms with Crippen LogP contribution in [0.4, 0.5) is 0 Å². The molecule has 2 unspecified atom stereocenters. The standard InChI is InChI=1S/C23H45N3/c1-6-8-16-25(7-2)23(24-22-14-10-9-11-15-22)26-17-12-13-21(18-26)20(5)19(3)4/h19-22H,6-18H2,1-5H3. The molecule has 3 heteroatoms. The van der Waals surface area contributed by atoms with Gasteiger partial charge in [-0.25, -0.2) is 4.99 Å². The zero-order chi connectivity index (χ0) is 18.9. The van der Waals surface area contributed by atoms with Gasteiger partial charge in [-0.3, -0.25) is 0 Å². The average Bonchev–Trinajstić information content (AvgIpc) is 2.67. The Labute approximate surface area is 163 Å². The molecule has 0 radical (unpaired) electrons. The molecule has 3 nitrogen and oxygen atoms in total. The zero-order valence-electron chi connectivity index (χ0n) is 18.3. The Hall–Kier alpha value is -0.730. The van der Waals surface area contributed by atoms with E-state index in [0.717, 1.165) is 24.3 Å². The van der Waals surface area contributed by atoms with E-state index in [1.807, 2.05) is 0 Å². The Morgan fingerprint density at radius 2 is 1.77 bits per heavy atom. The van der Waals surface area contributed by atoms with Crippen molar-refractivity contribution in [2.24, 2.45) is 22.7 Å². The van der Waals surface area contributed by atoms with E-state index >= 15 is 0 Å². The third-order valence-electron chi connectivity index (χ3n) is 6.85. The summed E-state index contributed by atoms with van der Waals surface area (Å²) in [6.07, 6.45) is 12.0. The highest BCUT2D eigenvalue weighted by atomic mass is 15.4. The van der Waals surface area contributed by atoms with Crippen molar-refractivity contribution >= 4 is 5.96 Å². The van der Waals surface area contributed by atoms with E-state index in [4.69, 9.17) is 4.99 Å². The summed E-state index contributed by atoms with van der Waals surface area (Å²) < 4.78 is 0. The van der Waals surface area contributed by atoms with Gasteiger partial charge in [-0.05, 0) is 56.8 Å². The molecule has 2 fully saturated rings. The Bertz CT molecular complexity index is 412. The molecule has 2 aliphatic rings. The Kier molecular flexibility index (Phi) is 9.28. The first-order chi connectivity index (χ1) is 12.6. The summed E-state index contributed by atoms with van der Waals surface area (Å²) in [5.74, 6) is 3.75. The molecule has 1 aliphatic carbocycles. The van der Waals surface area contributed by atoms with Crippen molar-refractivity contribution in [3.8, 4) is 0 Å². The van der Waals surface area contributed by atoms with E-state index in [2.05, 4.69) is 44.4 Å². The Balaban J connectivity index is 2.16. The third-order valence-corrected chi connectivity index (χ3v) is 6.85. The highest BCUT2D eigenvalue weighted by molar-refractivity contribution is 5.80. The summed E-state index contributed by atoms with van der Waals surface area (Å²) in [5.41, 5.74) is 0. The van der Waals surface area contributed by atoms with Crippen LogP contribution < -0.4 is 0 Å². The maximum Gasteiger partial charge on any atom is 0.196 e. The van der Waals surface area contributed by atoms with E-state index in [1.165, 1.54) is 83.4 Å². The molecular formula is C23H45N3. The third kappa shape index (κ3) is 6.16. The molecule has 0 aromatic rings. The van der Waals surface area contributed by atoms with Crippen LogP contribution in [0.5, 0.6) is 0 Å². The molecule has 1 saturated carbocycles. The van der Waals surface area contributed by atoms with Crippen LogP contribution in [-0.4, -0.2) is 48.0 Å². The second-order valence-electron chi connectivity index (χ2n) is 9.11. The molecule has 2 atom stereocenters. The van der Waals surface area contributed by atoms with Crippen LogP contribution in [0.25, 0.3) is 0 Å². The van der Waals surface area contributed by atoms with Crippen LogP contribution in [0.1, 0.15) is 92.4 Å². The Morgan fingerprint density at radius 1 is 1.04 bits per heavy atom. The van der Waals surface area contributed by atoms with E-state index in [1.54, 1.807) is 0 Å². The van der Waals surface area contributed by atoms with Gasteiger partial charge in [-0.2, -0.15) is 0 Å². The predicted molar refractivity (Wildman–Crippen MR) is 115 cm³/mol. The number of rotatable bonds is 7. The molecule has 2 rings (SSSR count). The number of piperidine rings is 1. The largest absolute Gasteiger partial charge is 0.343 e. The molecule has 1 aliphatic heterocycles. The fourth-order valence-corrected chi connectivity index (χ4v) is 4.65. The molecule has 0 spiro atoms. The van der Waals surface area contributed by atoms with Gasteiger partial charge in [0.2, 0.25) is 0 Å². The number of nitrogens with zero attached hydrogens (tertiary/aromatic N) is 3. The summed E-state index contributed by atoms with van der Waals surface area (Å²) in [6, 6.07) is 0.567. The van der Waals surface area contributed by atoms with Gasteiger partial charge >= 0.3 is 0 Å². The van der Waals surface area contributed by atoms with Crippen molar-refractivity contribution in [3.05, 3.63) is 0 Å². The quantitative estimate of drug-likeness (QED) is 0.420. The van der Waals surface area contributed by atoms with Crippen molar-refractivity contribution in [2.75, 3.05) is 26.2 Å². The van der Waals surface area contributed by atoms with Gasteiger partial charge in [0.15, 0.2) is 5.96 Å². The topological polar surface area (TPSA) is 18.8 Å². The van der Waals surface area contributed by atoms with Crippen molar-refractivity contribution in [3.63, 3.8) is 0 Å². The maximum atomic E-state index is 5.39. The fourth-order valence-electron chi connectivity index (χ4n) is 4.65. The molecule has 26 heavy (non-hydrogen) atoms. The van der Waals surface area contributed by atoms with Crippen molar-refractivity contribution in [1.82, 2.24) is 9.80 Å². The van der Waals surface area contributed by atoms with Crippen molar-refractivity contribution in [1.29, 1.82) is 0 Å². The molecule has 152 valence electrons. The lowest BCUT2D eigenvalue weighted by molar-refractivity contribution is 0.156. The lowest BCUT2D eigenvalue weighted by atomic mass is 9.80. The number of aliphatic imine (C=N–C) groups is 1. The fraction of sp³-hybridized carbons (Fsp3) is 0.957. The summed E-state index contributed by atoms with van der Waals surface area (Å²) in [6.45, 7) is 16.5. The van der Waals surface area contributed by atoms with Crippen LogP contribution in [-0.2, 0) is 0 Å². The molecule has 0 aromatic heterocycles. The highest BCUT2D eigenvalue weighted by Crippen LogP contribution is 2.30. The summed E-state index contributed by atoms with van der Waals surface area (Å²) in [7, 11) is 0. The van der Waals surface area contributed by atoms with Crippen LogP contribution in [0.3, 0.4) is 0 Å². The summed E-state index contributed by atoms with van der Waals surface area (Å²) >= 11 is 0. The first kappa shape index (κ1) is 21.6. The molecule has 0 N–H and O–H groups in total. The number of unbranched alkanes of at least 4 members (excludes halogenated alkanes) is 1. The monoisotopic (exact) mass is 363 g/mol. The van der Waals surface area contributed by atoms with E-state index in [9.17, 15) is 0 Å². The highest BCUT2D eigenvalue weighted by Gasteiger charge is 2.30. The summed E-state index contributed by atoms with van der Waals surface area (Å²) in [4.78, 5) is 10.6. The SMILES string of the molecule is CCCCN(CC)C(=NC1CCCCC1)N1CCCC(C(C)C(C)C)C1. The first-order valence-electron chi connectivity index (χ1n) is 11.6. The Morgan fingerprint density at radius 3 is 2.38 bits per heavy atom. The minimum Gasteiger partial charge on any atom is -0.343 e. The first-order valence-corrected chi connectivity index (χ1v) is 11.6. The van der Waals surface area contributed by atoms with Gasteiger partial charge in [-0.1, -0.05) is 53.4 Å². The average molecular weight is 364 g/mol. The number of likely N-dealkylation sites (tertiary alicyclic amines) is 1. The van der Waals surface area contributed by atoms with E-state index < -0.39 is 0 Å². The normalized spacial score (nSPS) is 24.2. The van der Waals surface area contributed by atoms with Crippen LogP contribution >= 0.6 is 0 Å². The number of hydrogen-bond acceptors (Lipinski definition) is 1. The van der Waals surface area contributed by atoms with Crippen LogP contribution in [0, 0.1) is 17.8 Å². The number of hydrogen-bond donors (Lipinski definition) is 0. The maximum absolute atomic E-state index is 5.39. The molecule has 0 amide bonds. The smallest absolute Gasteiger partial charge is 0.196 e. The summed E-state index contributed by atoms with van der Waals surface area (Å²) in [5, 5.41) is 0. The molecule has 1 heterocycles. The van der Waals surface area contributed by atoms with Crippen molar-refractivity contribution < 1.29 is 0 Å². The second-order valence-corrected chi connectivity index (χ2v) is 9.11. The van der Waals surface area contributed by atoms with Crippen LogP contribution in [0.15, 0.2) is 4.99 Å². The van der Waals surface area contributed by atoms with Gasteiger partial charge < -0.3 is 9.80 Å². The molecular weight excluding hydrogens is 318 g/mol. The van der Waals surface area contributed by atoms with E-state index in [-0.39, 0.29) is 0 Å². The number of guanidine groups is 1. The lowest BCUT2D eigenvalue weighted by Gasteiger charge is -2.42. The van der Waals surface area contributed by atoms with Gasteiger partial charge in [0.05, 0.1) is 6.04 Å². The minimum absolute atomic E-state index is 0.567.